The highest BCUT2D eigenvalue weighted by Gasteiger charge is 2.56. The maximum absolute atomic E-state index is 6.73. The number of fused-ring (bicyclic) bond motifs is 5. The normalized spacial score (nSPS) is 19.3. The first-order valence-corrected chi connectivity index (χ1v) is 14.3. The third-order valence-corrected chi connectivity index (χ3v) is 8.77. The minimum Gasteiger partial charge on any atom is -0.363 e. The summed E-state index contributed by atoms with van der Waals surface area (Å²) < 4.78 is 15.6. The topological polar surface area (TPSA) is 35.8 Å². The van der Waals surface area contributed by atoms with Crippen molar-refractivity contribution in [2.24, 2.45) is 0 Å². The molecular weight excluding hydrogens is 528 g/mol. The van der Waals surface area contributed by atoms with Gasteiger partial charge >= 0.3 is 0 Å². The number of methoxy groups -OCH3 is 2. The lowest BCUT2D eigenvalue weighted by atomic mass is 9.66. The zero-order valence-electron chi connectivity index (χ0n) is 24.9. The van der Waals surface area contributed by atoms with Crippen LogP contribution in [0.2, 0.25) is 0 Å². The first-order valence-electron chi connectivity index (χ1n) is 14.3. The van der Waals surface area contributed by atoms with Gasteiger partial charge in [0, 0.05) is 31.5 Å². The Balaban J connectivity index is 0.00000161. The Morgan fingerprint density at radius 2 is 1.44 bits per heavy atom. The molecule has 6 aromatic rings. The van der Waals surface area contributed by atoms with Crippen molar-refractivity contribution >= 4 is 22.5 Å². The molecule has 7 rings (SSSR count). The summed E-state index contributed by atoms with van der Waals surface area (Å²) in [5.74, 6) is 0. The zero-order valence-corrected chi connectivity index (χ0v) is 24.9. The summed E-state index contributed by atoms with van der Waals surface area (Å²) in [5, 5.41) is 2.34. The monoisotopic (exact) mass is 562 g/mol. The molecule has 2 aromatic heterocycles. The number of benzene rings is 4. The maximum atomic E-state index is 6.73. The number of ether oxygens (including phenoxy) is 2. The Hall–Kier alpha value is -4.95. The molecule has 4 nitrogen and oxygen atoms in total. The van der Waals surface area contributed by atoms with Gasteiger partial charge in [0.15, 0.2) is 11.2 Å². The van der Waals surface area contributed by atoms with Crippen LogP contribution in [0, 0.1) is 19.8 Å². The Morgan fingerprint density at radius 1 is 0.767 bits per heavy atom. The van der Waals surface area contributed by atoms with E-state index >= 15 is 0 Å². The Kier molecular flexibility index (Phi) is 7.23. The number of imidazole rings is 1. The molecule has 1 aliphatic carbocycles. The highest BCUT2D eigenvalue weighted by molar-refractivity contribution is 5.84. The third kappa shape index (κ3) is 4.05. The van der Waals surface area contributed by atoms with Crippen LogP contribution in [0.25, 0.3) is 22.5 Å². The van der Waals surface area contributed by atoms with Crippen LogP contribution in [0.4, 0.5) is 0 Å². The van der Waals surface area contributed by atoms with E-state index in [9.17, 15) is 0 Å². The second-order valence-corrected chi connectivity index (χ2v) is 10.8. The fraction of sp³-hybridized carbons (Fsp3) is 0.154. The molecule has 0 aliphatic heterocycles. The minimum absolute atomic E-state index is 0.833. The van der Waals surface area contributed by atoms with Gasteiger partial charge in [0.2, 0.25) is 0 Å². The minimum atomic E-state index is -0.951. The maximum Gasteiger partial charge on any atom is 0.162 e. The molecule has 2 heterocycles. The summed E-state index contributed by atoms with van der Waals surface area (Å²) >= 11 is 0. The number of hydrogen-bond acceptors (Lipinski definition) is 3. The van der Waals surface area contributed by atoms with Gasteiger partial charge in [0.25, 0.3) is 0 Å². The second-order valence-electron chi connectivity index (χ2n) is 10.8. The fourth-order valence-corrected chi connectivity index (χ4v) is 6.81. The molecule has 43 heavy (non-hydrogen) atoms. The molecule has 0 radical (unpaired) electrons. The molecule has 1 aliphatic rings. The van der Waals surface area contributed by atoms with Gasteiger partial charge in [-0.2, -0.15) is 0 Å². The van der Waals surface area contributed by atoms with Gasteiger partial charge in [0.05, 0.1) is 5.69 Å². The highest BCUT2D eigenvalue weighted by atomic mass is 16.5. The first kappa shape index (κ1) is 28.2. The van der Waals surface area contributed by atoms with E-state index in [1.807, 2.05) is 18.2 Å². The molecule has 4 heteroatoms. The molecule has 0 fully saturated rings. The van der Waals surface area contributed by atoms with Crippen LogP contribution in [0.5, 0.6) is 0 Å². The van der Waals surface area contributed by atoms with Crippen molar-refractivity contribution < 1.29 is 9.47 Å². The van der Waals surface area contributed by atoms with E-state index < -0.39 is 11.2 Å². The van der Waals surface area contributed by atoms with Crippen molar-refractivity contribution in [1.29, 1.82) is 0 Å². The molecule has 4 aromatic carbocycles. The SMILES string of the molecule is C#C.COC1(/C(C)=C/c2ccccc2C)c2ccccc2C(OC)(c2ccc3ccccc3c2)c2nc3ccccn3c21. The fourth-order valence-electron chi connectivity index (χ4n) is 6.81. The van der Waals surface area contributed by atoms with Crippen LogP contribution >= 0.6 is 0 Å². The van der Waals surface area contributed by atoms with E-state index in [1.165, 1.54) is 10.9 Å². The number of terminal acetylenes is 1. The van der Waals surface area contributed by atoms with E-state index in [-0.39, 0.29) is 0 Å². The molecule has 0 saturated carbocycles. The standard InChI is InChI=1S/C37H32N2O2.C2H2/c1-25-13-5-6-15-28(25)23-26(2)36(40-3)31-17-9-10-18-32(31)37(41-4,30-21-20-27-14-7-8-16-29(27)24-30)34-35(36)39-22-12-11-19-33(39)38-34;1-2/h5-24H,1-4H3;1-2H/b26-23+;. The summed E-state index contributed by atoms with van der Waals surface area (Å²) in [5.41, 5.74) is 7.30. The zero-order chi connectivity index (χ0) is 30.2. The van der Waals surface area contributed by atoms with E-state index in [2.05, 4.69) is 134 Å². The van der Waals surface area contributed by atoms with Crippen LogP contribution in [0.1, 0.15) is 46.1 Å². The van der Waals surface area contributed by atoms with E-state index in [4.69, 9.17) is 14.5 Å². The number of pyridine rings is 1. The summed E-state index contributed by atoms with van der Waals surface area (Å²) in [7, 11) is 3.59. The largest absolute Gasteiger partial charge is 0.363 e. The molecular formula is C39H34N2O2. The van der Waals surface area contributed by atoms with Crippen LogP contribution in [-0.2, 0) is 20.7 Å². The van der Waals surface area contributed by atoms with Gasteiger partial charge in [-0.05, 0) is 65.1 Å². The summed E-state index contributed by atoms with van der Waals surface area (Å²) in [6.45, 7) is 4.30. The third-order valence-electron chi connectivity index (χ3n) is 8.77. The van der Waals surface area contributed by atoms with Gasteiger partial charge in [-0.3, -0.25) is 0 Å². The molecule has 2 atom stereocenters. The number of hydrogen-bond donors (Lipinski definition) is 0. The summed E-state index contributed by atoms with van der Waals surface area (Å²) in [4.78, 5) is 5.31. The molecule has 0 spiro atoms. The quantitative estimate of drug-likeness (QED) is 0.198. The van der Waals surface area contributed by atoms with Crippen molar-refractivity contribution in [3.8, 4) is 12.8 Å². The van der Waals surface area contributed by atoms with Crippen LogP contribution in [0.3, 0.4) is 0 Å². The predicted molar refractivity (Wildman–Crippen MR) is 175 cm³/mol. The van der Waals surface area contributed by atoms with Gasteiger partial charge in [-0.15, -0.1) is 12.8 Å². The lowest BCUT2D eigenvalue weighted by Crippen LogP contribution is -2.46. The van der Waals surface area contributed by atoms with Crippen LogP contribution in [-0.4, -0.2) is 23.6 Å². The number of aromatic nitrogens is 2. The average molecular weight is 563 g/mol. The molecule has 2 unspecified atom stereocenters. The molecule has 212 valence electrons. The first-order chi connectivity index (χ1) is 21.0. The number of aryl methyl sites for hydroxylation is 1. The van der Waals surface area contributed by atoms with Crippen molar-refractivity contribution in [2.45, 2.75) is 25.0 Å². The van der Waals surface area contributed by atoms with Crippen molar-refractivity contribution in [1.82, 2.24) is 9.38 Å². The molecule has 0 amide bonds. The van der Waals surface area contributed by atoms with Crippen molar-refractivity contribution in [3.05, 3.63) is 160 Å². The predicted octanol–water partition coefficient (Wildman–Crippen LogP) is 8.29. The number of nitrogens with zero attached hydrogens (tertiary/aromatic N) is 2. The van der Waals surface area contributed by atoms with Gasteiger partial charge in [0.1, 0.15) is 11.3 Å². The smallest absolute Gasteiger partial charge is 0.162 e. The van der Waals surface area contributed by atoms with Crippen molar-refractivity contribution in [2.75, 3.05) is 14.2 Å². The Morgan fingerprint density at radius 3 is 2.19 bits per heavy atom. The average Bonchev–Trinajstić information content (AvgIpc) is 3.46. The van der Waals surface area contributed by atoms with Gasteiger partial charge < -0.3 is 13.9 Å². The lowest BCUT2D eigenvalue weighted by Gasteiger charge is -2.46. The molecule has 0 saturated heterocycles. The number of rotatable bonds is 5. The van der Waals surface area contributed by atoms with E-state index in [0.717, 1.165) is 50.2 Å². The van der Waals surface area contributed by atoms with Crippen molar-refractivity contribution in [3.63, 3.8) is 0 Å². The highest BCUT2D eigenvalue weighted by Crippen LogP contribution is 2.56. The lowest BCUT2D eigenvalue weighted by molar-refractivity contribution is 0.0106. The van der Waals surface area contributed by atoms with Crippen LogP contribution < -0.4 is 0 Å². The van der Waals surface area contributed by atoms with E-state index in [0.29, 0.717) is 0 Å². The van der Waals surface area contributed by atoms with E-state index in [1.54, 1.807) is 14.2 Å². The molecule has 0 bridgehead atoms. The second kappa shape index (κ2) is 11.0. The Bertz CT molecular complexity index is 2020. The van der Waals surface area contributed by atoms with Gasteiger partial charge in [-0.1, -0.05) is 97.1 Å². The molecule has 0 N–H and O–H groups in total. The summed E-state index contributed by atoms with van der Waals surface area (Å²) in [6, 6.07) is 38.1. The van der Waals surface area contributed by atoms with Gasteiger partial charge in [-0.25, -0.2) is 4.98 Å². The Labute approximate surface area is 253 Å². The van der Waals surface area contributed by atoms with Crippen LogP contribution in [0.15, 0.2) is 121 Å². The summed E-state index contributed by atoms with van der Waals surface area (Å²) in [6.07, 6.45) is 12.3.